The highest BCUT2D eigenvalue weighted by Crippen LogP contribution is 2.30. The second kappa shape index (κ2) is 6.29. The molecule has 0 fully saturated rings. The van der Waals surface area contributed by atoms with Crippen molar-refractivity contribution in [3.8, 4) is 0 Å². The number of hydrogen-bond donors (Lipinski definition) is 1. The van der Waals surface area contributed by atoms with E-state index in [-0.39, 0.29) is 22.2 Å². The van der Waals surface area contributed by atoms with E-state index in [9.17, 15) is 27.2 Å². The molecule has 0 saturated heterocycles. The molecule has 1 heterocycles. The molecule has 3 rings (SSSR count). The molecule has 26 heavy (non-hydrogen) atoms. The Balaban J connectivity index is 2.01. The lowest BCUT2D eigenvalue weighted by molar-refractivity contribution is -0.137. The number of halogens is 4. The van der Waals surface area contributed by atoms with Gasteiger partial charge in [0.1, 0.15) is 11.5 Å². The van der Waals surface area contributed by atoms with E-state index in [0.717, 1.165) is 34.9 Å². The number of nitrogens with zero attached hydrogens (tertiary/aromatic N) is 1. The van der Waals surface area contributed by atoms with Crippen LogP contribution in [0.2, 0.25) is 0 Å². The number of nitrogens with one attached hydrogen (secondary N) is 1. The van der Waals surface area contributed by atoms with Crippen molar-refractivity contribution in [2.75, 3.05) is 5.32 Å². The summed E-state index contributed by atoms with van der Waals surface area (Å²) in [5.41, 5.74) is -1.61. The van der Waals surface area contributed by atoms with Crippen LogP contribution < -0.4 is 10.9 Å². The first-order chi connectivity index (χ1) is 12.2. The molecule has 4 nitrogen and oxygen atoms in total. The van der Waals surface area contributed by atoms with Gasteiger partial charge in [-0.15, -0.1) is 0 Å². The number of carbonyl (C=O) groups excluding carboxylic acids is 1. The van der Waals surface area contributed by atoms with Crippen LogP contribution in [0.15, 0.2) is 53.3 Å². The van der Waals surface area contributed by atoms with Crippen molar-refractivity contribution in [1.29, 1.82) is 0 Å². The predicted octanol–water partition coefficient (Wildman–Crippen LogP) is 3.95. The number of benzene rings is 2. The maximum absolute atomic E-state index is 13.4. The van der Waals surface area contributed by atoms with E-state index in [4.69, 9.17) is 0 Å². The van der Waals surface area contributed by atoms with Crippen LogP contribution in [-0.4, -0.2) is 10.5 Å². The van der Waals surface area contributed by atoms with Crippen molar-refractivity contribution < 1.29 is 22.4 Å². The van der Waals surface area contributed by atoms with Crippen molar-refractivity contribution in [1.82, 2.24) is 4.57 Å². The van der Waals surface area contributed by atoms with E-state index < -0.39 is 29.0 Å². The minimum absolute atomic E-state index is 0.0726. The second-order valence-electron chi connectivity index (χ2n) is 5.66. The quantitative estimate of drug-likeness (QED) is 0.700. The summed E-state index contributed by atoms with van der Waals surface area (Å²) < 4.78 is 52.7. The number of carbonyl (C=O) groups is 1. The molecular weight excluding hydrogens is 352 g/mol. The highest BCUT2D eigenvalue weighted by atomic mass is 19.4. The van der Waals surface area contributed by atoms with Crippen LogP contribution in [-0.2, 0) is 13.2 Å². The monoisotopic (exact) mass is 364 g/mol. The van der Waals surface area contributed by atoms with E-state index in [2.05, 4.69) is 5.32 Å². The lowest BCUT2D eigenvalue weighted by Gasteiger charge is -2.12. The van der Waals surface area contributed by atoms with Gasteiger partial charge in [0.15, 0.2) is 0 Å². The number of hydrogen-bond acceptors (Lipinski definition) is 2. The van der Waals surface area contributed by atoms with Crippen LogP contribution in [0.5, 0.6) is 0 Å². The fourth-order valence-electron chi connectivity index (χ4n) is 2.57. The maximum Gasteiger partial charge on any atom is 0.416 e. The summed E-state index contributed by atoms with van der Waals surface area (Å²) in [6.07, 6.45) is -4.55. The van der Waals surface area contributed by atoms with Gasteiger partial charge in [-0.3, -0.25) is 9.59 Å². The van der Waals surface area contributed by atoms with Gasteiger partial charge < -0.3 is 9.88 Å². The second-order valence-corrected chi connectivity index (χ2v) is 5.66. The number of anilines is 1. The Bertz CT molecular complexity index is 1070. The smallest absolute Gasteiger partial charge is 0.321 e. The Labute approximate surface area is 144 Å². The van der Waals surface area contributed by atoms with Crippen LogP contribution in [0.1, 0.15) is 16.1 Å². The third-order valence-electron chi connectivity index (χ3n) is 3.88. The van der Waals surface area contributed by atoms with Gasteiger partial charge in [-0.2, -0.15) is 13.2 Å². The zero-order valence-corrected chi connectivity index (χ0v) is 13.4. The number of aromatic nitrogens is 1. The normalized spacial score (nSPS) is 11.6. The average molecular weight is 364 g/mol. The van der Waals surface area contributed by atoms with Crippen LogP contribution in [0.4, 0.5) is 23.2 Å². The van der Waals surface area contributed by atoms with Gasteiger partial charge in [0.05, 0.1) is 5.56 Å². The molecule has 0 aliphatic rings. The first-order valence-electron chi connectivity index (χ1n) is 7.45. The van der Waals surface area contributed by atoms with Crippen molar-refractivity contribution in [3.05, 3.63) is 76.0 Å². The fourth-order valence-corrected chi connectivity index (χ4v) is 2.57. The fraction of sp³-hybridized carbons (Fsp3) is 0.111. The van der Waals surface area contributed by atoms with Crippen molar-refractivity contribution >= 4 is 22.4 Å². The van der Waals surface area contributed by atoms with Gasteiger partial charge in [0.25, 0.3) is 11.5 Å². The van der Waals surface area contributed by atoms with E-state index in [1.165, 1.54) is 25.2 Å². The summed E-state index contributed by atoms with van der Waals surface area (Å²) in [6, 6.07) is 8.98. The molecule has 0 radical (unpaired) electrons. The third kappa shape index (κ3) is 3.30. The molecular formula is C18H12F4N2O2. The molecule has 0 aliphatic heterocycles. The van der Waals surface area contributed by atoms with Crippen LogP contribution in [0.3, 0.4) is 0 Å². The van der Waals surface area contributed by atoms with Gasteiger partial charge in [-0.25, -0.2) is 4.39 Å². The molecule has 0 spiro atoms. The van der Waals surface area contributed by atoms with Gasteiger partial charge in [-0.05, 0) is 47.9 Å². The Morgan fingerprint density at radius 3 is 2.50 bits per heavy atom. The largest absolute Gasteiger partial charge is 0.416 e. The number of pyridine rings is 1. The standard InChI is InChI=1S/C18H12F4N2O2/c1-24-15(8-10-7-12(19)5-6-14(10)17(24)26)16(25)23-13-4-2-3-11(9-13)18(20,21)22/h2-9H,1H3,(H,23,25). The van der Waals surface area contributed by atoms with E-state index in [0.29, 0.717) is 0 Å². The number of amides is 1. The summed E-state index contributed by atoms with van der Waals surface area (Å²) in [6.45, 7) is 0. The van der Waals surface area contributed by atoms with Crippen LogP contribution in [0.25, 0.3) is 10.8 Å². The van der Waals surface area contributed by atoms with Gasteiger partial charge in [-0.1, -0.05) is 6.07 Å². The topological polar surface area (TPSA) is 51.1 Å². The van der Waals surface area contributed by atoms with Gasteiger partial charge >= 0.3 is 6.18 Å². The first kappa shape index (κ1) is 17.7. The summed E-state index contributed by atoms with van der Waals surface area (Å²) in [4.78, 5) is 24.7. The number of rotatable bonds is 2. The summed E-state index contributed by atoms with van der Waals surface area (Å²) in [5, 5.41) is 2.78. The van der Waals surface area contributed by atoms with Crippen molar-refractivity contribution in [2.45, 2.75) is 6.18 Å². The zero-order valence-electron chi connectivity index (χ0n) is 13.4. The molecule has 8 heteroatoms. The maximum atomic E-state index is 13.4. The molecule has 1 amide bonds. The molecule has 1 N–H and O–H groups in total. The third-order valence-corrected chi connectivity index (χ3v) is 3.88. The predicted molar refractivity (Wildman–Crippen MR) is 88.5 cm³/mol. The average Bonchev–Trinajstić information content (AvgIpc) is 2.57. The lowest BCUT2D eigenvalue weighted by Crippen LogP contribution is -2.26. The van der Waals surface area contributed by atoms with Gasteiger partial charge in [0, 0.05) is 18.1 Å². The molecule has 134 valence electrons. The van der Waals surface area contributed by atoms with Crippen molar-refractivity contribution in [2.24, 2.45) is 7.05 Å². The molecule has 0 aliphatic carbocycles. The Morgan fingerprint density at radius 1 is 1.08 bits per heavy atom. The first-order valence-corrected chi connectivity index (χ1v) is 7.45. The highest BCUT2D eigenvalue weighted by Gasteiger charge is 2.30. The Hall–Kier alpha value is -3.16. The molecule has 0 bridgehead atoms. The molecule has 1 aromatic heterocycles. The Morgan fingerprint density at radius 2 is 1.81 bits per heavy atom. The summed E-state index contributed by atoms with van der Waals surface area (Å²) in [5.74, 6) is -1.36. The lowest BCUT2D eigenvalue weighted by atomic mass is 10.1. The summed E-state index contributed by atoms with van der Waals surface area (Å²) in [7, 11) is 1.35. The highest BCUT2D eigenvalue weighted by molar-refractivity contribution is 6.05. The molecule has 2 aromatic carbocycles. The SMILES string of the molecule is Cn1c(C(=O)Nc2cccc(C(F)(F)F)c2)cc2cc(F)ccc2c1=O. The van der Waals surface area contributed by atoms with E-state index in [1.54, 1.807) is 0 Å². The van der Waals surface area contributed by atoms with Gasteiger partial charge in [0.2, 0.25) is 0 Å². The minimum Gasteiger partial charge on any atom is -0.321 e. The molecule has 0 saturated carbocycles. The van der Waals surface area contributed by atoms with Crippen LogP contribution in [0, 0.1) is 5.82 Å². The Kier molecular flexibility index (Phi) is 4.27. The minimum atomic E-state index is -4.55. The molecule has 3 aromatic rings. The molecule has 0 atom stereocenters. The number of alkyl halides is 3. The van der Waals surface area contributed by atoms with Crippen LogP contribution >= 0.6 is 0 Å². The van der Waals surface area contributed by atoms with Crippen molar-refractivity contribution in [3.63, 3.8) is 0 Å². The van der Waals surface area contributed by atoms with E-state index >= 15 is 0 Å². The summed E-state index contributed by atoms with van der Waals surface area (Å²) >= 11 is 0. The zero-order chi connectivity index (χ0) is 19.1. The number of fused-ring (bicyclic) bond motifs is 1. The molecule has 0 unspecified atom stereocenters. The van der Waals surface area contributed by atoms with E-state index in [1.807, 2.05) is 0 Å².